The summed E-state index contributed by atoms with van der Waals surface area (Å²) < 4.78 is 5.03. The average molecular weight is 695 g/mol. The average Bonchev–Trinajstić information content (AvgIpc) is 3.43. The molecular formula is C25H23I2N5OS. The SMILES string of the molecule is NCC(Cc1cccc(I)c1)N(I)C(=O)c1cc2c(s1)CCCn1ncc(-c3cccnc3)c1-2. The van der Waals surface area contributed by atoms with Crippen LogP contribution in [0.4, 0.5) is 0 Å². The molecule has 9 heteroatoms. The second-order valence-corrected chi connectivity index (χ2v) is 11.7. The zero-order chi connectivity index (χ0) is 23.7. The lowest BCUT2D eigenvalue weighted by Gasteiger charge is -2.24. The van der Waals surface area contributed by atoms with Gasteiger partial charge in [0.1, 0.15) is 0 Å². The van der Waals surface area contributed by atoms with Gasteiger partial charge in [-0.3, -0.25) is 17.6 Å². The molecule has 1 aliphatic rings. The predicted octanol–water partition coefficient (Wildman–Crippen LogP) is 5.59. The number of rotatable bonds is 6. The van der Waals surface area contributed by atoms with Crippen molar-refractivity contribution in [3.63, 3.8) is 0 Å². The molecule has 4 aromatic rings. The zero-order valence-electron chi connectivity index (χ0n) is 18.3. The molecule has 0 bridgehead atoms. The van der Waals surface area contributed by atoms with Crippen LogP contribution in [0.25, 0.3) is 22.4 Å². The first-order valence-electron chi connectivity index (χ1n) is 11.1. The molecule has 1 unspecified atom stereocenters. The van der Waals surface area contributed by atoms with Gasteiger partial charge < -0.3 is 5.73 Å². The summed E-state index contributed by atoms with van der Waals surface area (Å²) in [5.74, 6) is 0.00810. The van der Waals surface area contributed by atoms with Crippen LogP contribution < -0.4 is 5.73 Å². The minimum absolute atomic E-state index is 0.00810. The first-order valence-corrected chi connectivity index (χ1v) is 13.9. The first kappa shape index (κ1) is 23.9. The van der Waals surface area contributed by atoms with E-state index in [0.29, 0.717) is 6.54 Å². The fourth-order valence-electron chi connectivity index (χ4n) is 4.35. The van der Waals surface area contributed by atoms with Crippen molar-refractivity contribution in [1.82, 2.24) is 17.9 Å². The van der Waals surface area contributed by atoms with Crippen molar-refractivity contribution in [2.45, 2.75) is 31.8 Å². The molecule has 0 spiro atoms. The first-order chi connectivity index (χ1) is 16.5. The molecule has 4 heterocycles. The molecule has 6 nitrogen and oxygen atoms in total. The Morgan fingerprint density at radius 2 is 2.09 bits per heavy atom. The molecule has 1 amide bonds. The highest BCUT2D eigenvalue weighted by atomic mass is 127. The molecule has 1 atom stereocenters. The van der Waals surface area contributed by atoms with Crippen LogP contribution in [-0.4, -0.2) is 36.4 Å². The van der Waals surface area contributed by atoms with Crippen molar-refractivity contribution in [1.29, 1.82) is 0 Å². The molecule has 3 aromatic heterocycles. The van der Waals surface area contributed by atoms with Crippen LogP contribution in [0.15, 0.2) is 61.1 Å². The maximum atomic E-state index is 13.6. The van der Waals surface area contributed by atoms with Crippen LogP contribution in [0.1, 0.15) is 26.5 Å². The van der Waals surface area contributed by atoms with Crippen LogP contribution >= 0.6 is 56.8 Å². The molecule has 0 radical (unpaired) electrons. The van der Waals surface area contributed by atoms with Gasteiger partial charge in [0.05, 0.1) is 45.7 Å². The third-order valence-electron chi connectivity index (χ3n) is 6.01. The molecule has 1 aromatic carbocycles. The number of pyridine rings is 1. The van der Waals surface area contributed by atoms with Gasteiger partial charge in [-0.25, -0.2) is 0 Å². The summed E-state index contributed by atoms with van der Waals surface area (Å²) in [6, 6.07) is 14.3. The lowest BCUT2D eigenvalue weighted by Crippen LogP contribution is -2.39. The number of hydrogen-bond donors (Lipinski definition) is 1. The van der Waals surface area contributed by atoms with Crippen LogP contribution in [0, 0.1) is 3.57 Å². The third kappa shape index (κ3) is 4.79. The Balaban J connectivity index is 1.46. The Hall–Kier alpha value is -1.83. The van der Waals surface area contributed by atoms with Gasteiger partial charge in [0, 0.05) is 50.6 Å². The van der Waals surface area contributed by atoms with E-state index in [4.69, 9.17) is 5.73 Å². The Bertz CT molecular complexity index is 1320. The van der Waals surface area contributed by atoms with Crippen LogP contribution in [-0.2, 0) is 19.4 Å². The largest absolute Gasteiger partial charge is 0.328 e. The number of hydrogen-bond acceptors (Lipinski definition) is 5. The van der Waals surface area contributed by atoms with Crippen molar-refractivity contribution in [3.8, 4) is 22.4 Å². The smallest absolute Gasteiger partial charge is 0.272 e. The van der Waals surface area contributed by atoms with Crippen LogP contribution in [0.5, 0.6) is 0 Å². The lowest BCUT2D eigenvalue weighted by atomic mass is 10.0. The zero-order valence-corrected chi connectivity index (χ0v) is 23.5. The number of thiophene rings is 1. The van der Waals surface area contributed by atoms with E-state index < -0.39 is 0 Å². The van der Waals surface area contributed by atoms with E-state index in [9.17, 15) is 4.79 Å². The number of aromatic nitrogens is 3. The van der Waals surface area contributed by atoms with E-state index in [0.717, 1.165) is 53.1 Å². The number of fused-ring (bicyclic) bond motifs is 3. The maximum absolute atomic E-state index is 13.6. The summed E-state index contributed by atoms with van der Waals surface area (Å²) >= 11 is 6.04. The van der Waals surface area contributed by atoms with Gasteiger partial charge in [0.25, 0.3) is 5.91 Å². The highest BCUT2D eigenvalue weighted by Crippen LogP contribution is 2.41. The second kappa shape index (κ2) is 10.4. The van der Waals surface area contributed by atoms with Gasteiger partial charge in [0.2, 0.25) is 0 Å². The topological polar surface area (TPSA) is 77.0 Å². The third-order valence-corrected chi connectivity index (χ3v) is 9.09. The molecule has 34 heavy (non-hydrogen) atoms. The number of amides is 1. The van der Waals surface area contributed by atoms with Crippen LogP contribution in [0.2, 0.25) is 0 Å². The fourth-order valence-corrected chi connectivity index (χ4v) is 6.94. The highest BCUT2D eigenvalue weighted by molar-refractivity contribution is 14.1. The van der Waals surface area contributed by atoms with E-state index in [1.165, 1.54) is 14.0 Å². The summed E-state index contributed by atoms with van der Waals surface area (Å²) in [7, 11) is 0. The molecule has 0 saturated carbocycles. The van der Waals surface area contributed by atoms with E-state index in [1.54, 1.807) is 20.6 Å². The Kier molecular flexibility index (Phi) is 7.32. The van der Waals surface area contributed by atoms with E-state index in [2.05, 4.69) is 84.5 Å². The standard InChI is InChI=1S/C25H23I2N5OS/c26-18-6-1-4-16(10-18)11-19(13-28)32(27)25(33)23-12-20-22(34-23)7-3-9-31-24(20)21(15-30-31)17-5-2-8-29-14-17/h1-2,4-6,8,10,12,14-15,19H,3,7,9,11,13,28H2. The summed E-state index contributed by atoms with van der Waals surface area (Å²) in [5, 5.41) is 4.66. The minimum Gasteiger partial charge on any atom is -0.328 e. The van der Waals surface area contributed by atoms with Crippen molar-refractivity contribution in [3.05, 3.63) is 79.9 Å². The number of halogens is 2. The van der Waals surface area contributed by atoms with Crippen molar-refractivity contribution >= 4 is 62.7 Å². The maximum Gasteiger partial charge on any atom is 0.272 e. The normalized spacial score (nSPS) is 13.6. The molecule has 0 saturated heterocycles. The molecule has 0 aliphatic carbocycles. The second-order valence-electron chi connectivity index (χ2n) is 8.26. The van der Waals surface area contributed by atoms with Gasteiger partial charge in [-0.1, -0.05) is 18.2 Å². The Morgan fingerprint density at radius 3 is 2.85 bits per heavy atom. The lowest BCUT2D eigenvalue weighted by molar-refractivity contribution is 0.0862. The molecule has 5 rings (SSSR count). The summed E-state index contributed by atoms with van der Waals surface area (Å²) in [6.45, 7) is 1.27. The van der Waals surface area contributed by atoms with Crippen molar-refractivity contribution in [2.75, 3.05) is 6.54 Å². The molecule has 0 fully saturated rings. The van der Waals surface area contributed by atoms with E-state index in [1.807, 2.05) is 30.6 Å². The monoisotopic (exact) mass is 695 g/mol. The fraction of sp³-hybridized carbons (Fsp3) is 0.240. The Morgan fingerprint density at radius 1 is 1.21 bits per heavy atom. The van der Waals surface area contributed by atoms with Gasteiger partial charge in [-0.15, -0.1) is 11.3 Å². The Labute approximate surface area is 230 Å². The number of aryl methyl sites for hydroxylation is 2. The summed E-state index contributed by atoms with van der Waals surface area (Å²) in [4.78, 5) is 19.8. The van der Waals surface area contributed by atoms with Gasteiger partial charge in [-0.05, 0) is 71.7 Å². The summed E-state index contributed by atoms with van der Waals surface area (Å²) in [6.07, 6.45) is 8.21. The number of nitrogens with zero attached hydrogens (tertiary/aromatic N) is 4. The van der Waals surface area contributed by atoms with Crippen molar-refractivity contribution < 1.29 is 4.79 Å². The van der Waals surface area contributed by atoms with E-state index in [-0.39, 0.29) is 11.9 Å². The van der Waals surface area contributed by atoms with E-state index >= 15 is 0 Å². The van der Waals surface area contributed by atoms with Crippen molar-refractivity contribution in [2.24, 2.45) is 5.73 Å². The molecule has 174 valence electrons. The molecular weight excluding hydrogens is 672 g/mol. The number of carbonyl (C=O) groups excluding carboxylic acids is 1. The number of carbonyl (C=O) groups is 1. The number of benzene rings is 1. The number of nitrogens with two attached hydrogens (primary N) is 1. The predicted molar refractivity (Wildman–Crippen MR) is 153 cm³/mol. The minimum atomic E-state index is -0.0790. The van der Waals surface area contributed by atoms with Gasteiger partial charge in [-0.2, -0.15) is 5.10 Å². The molecule has 1 aliphatic heterocycles. The van der Waals surface area contributed by atoms with Gasteiger partial charge in [0.15, 0.2) is 0 Å². The highest BCUT2D eigenvalue weighted by Gasteiger charge is 2.28. The quantitative estimate of drug-likeness (QED) is 0.211. The van der Waals surface area contributed by atoms with Gasteiger partial charge >= 0.3 is 0 Å². The molecule has 2 N–H and O–H groups in total. The summed E-state index contributed by atoms with van der Waals surface area (Å²) in [5.41, 5.74) is 11.6. The van der Waals surface area contributed by atoms with Crippen LogP contribution in [0.3, 0.4) is 0 Å².